The number of furan rings is 2. The summed E-state index contributed by atoms with van der Waals surface area (Å²) in [7, 11) is 0. The molecule has 4 nitrogen and oxygen atoms in total. The summed E-state index contributed by atoms with van der Waals surface area (Å²) in [6.45, 7) is 13.0. The third-order valence-electron chi connectivity index (χ3n) is 12.7. The first-order chi connectivity index (χ1) is 29.2. The quantitative estimate of drug-likeness (QED) is 0.168. The average Bonchev–Trinajstić information content (AvgIpc) is 3.80. The molecule has 0 aliphatic carbocycles. The van der Waals surface area contributed by atoms with Crippen LogP contribution in [0.2, 0.25) is 0 Å². The van der Waals surface area contributed by atoms with E-state index in [0.29, 0.717) is 0 Å². The summed E-state index contributed by atoms with van der Waals surface area (Å²) in [4.78, 5) is 4.72. The standard InChI is InChI=1S/C56H44N2O2/c1-33-15-19-43(25-37(33)5)57(51-13-9-7-11-35(51)3)45-21-17-39-29-49-47-23-24-48-50-30-40-18-22-46(58(52-14-10-8-12-36(52)4)44-20-16-34(2)38(6)26-44)28-42(40)32-54(50)60-56(48)55(47)59-53(49)31-41(39)27-45/h7-32H,1-6H3. The van der Waals surface area contributed by atoms with Gasteiger partial charge in [0.15, 0.2) is 11.2 Å². The van der Waals surface area contributed by atoms with Gasteiger partial charge in [0, 0.05) is 55.7 Å². The van der Waals surface area contributed by atoms with Crippen LogP contribution in [0.5, 0.6) is 0 Å². The van der Waals surface area contributed by atoms with E-state index >= 15 is 0 Å². The molecule has 0 bridgehead atoms. The fraction of sp³-hybridized carbons (Fsp3) is 0.107. The lowest BCUT2D eigenvalue weighted by molar-refractivity contribution is 0.634. The van der Waals surface area contributed by atoms with Crippen molar-refractivity contribution in [1.82, 2.24) is 0 Å². The van der Waals surface area contributed by atoms with Crippen molar-refractivity contribution in [2.75, 3.05) is 9.80 Å². The highest BCUT2D eigenvalue weighted by Gasteiger charge is 2.21. The number of hydrogen-bond donors (Lipinski definition) is 0. The smallest absolute Gasteiger partial charge is 0.178 e. The van der Waals surface area contributed by atoms with Crippen LogP contribution in [0.3, 0.4) is 0 Å². The molecule has 0 amide bonds. The van der Waals surface area contributed by atoms with Gasteiger partial charge in [-0.2, -0.15) is 0 Å². The zero-order chi connectivity index (χ0) is 40.8. The number of aryl methyl sites for hydroxylation is 6. The Morgan fingerprint density at radius 2 is 0.700 bits per heavy atom. The molecule has 0 aliphatic rings. The van der Waals surface area contributed by atoms with E-state index in [-0.39, 0.29) is 0 Å². The van der Waals surface area contributed by atoms with Crippen molar-refractivity contribution in [1.29, 1.82) is 0 Å². The Balaban J connectivity index is 1.03. The van der Waals surface area contributed by atoms with Crippen LogP contribution in [0.1, 0.15) is 33.4 Å². The number of hydrogen-bond acceptors (Lipinski definition) is 4. The fourth-order valence-corrected chi connectivity index (χ4v) is 9.02. The monoisotopic (exact) mass is 776 g/mol. The summed E-state index contributed by atoms with van der Waals surface area (Å²) in [6, 6.07) is 57.3. The molecule has 0 aliphatic heterocycles. The van der Waals surface area contributed by atoms with Crippen LogP contribution in [-0.2, 0) is 0 Å². The lowest BCUT2D eigenvalue weighted by atomic mass is 10.0. The lowest BCUT2D eigenvalue weighted by Crippen LogP contribution is -2.11. The number of rotatable bonds is 6. The van der Waals surface area contributed by atoms with Crippen LogP contribution in [0.15, 0.2) is 167 Å². The second-order valence-electron chi connectivity index (χ2n) is 16.6. The number of fused-ring (bicyclic) bond motifs is 9. The Hall–Kier alpha value is -7.30. The predicted molar refractivity (Wildman–Crippen MR) is 254 cm³/mol. The number of para-hydroxylation sites is 2. The molecule has 0 fully saturated rings. The zero-order valence-electron chi connectivity index (χ0n) is 34.7. The van der Waals surface area contributed by atoms with E-state index in [4.69, 9.17) is 8.83 Å². The summed E-state index contributed by atoms with van der Waals surface area (Å²) in [5.41, 5.74) is 17.5. The van der Waals surface area contributed by atoms with Crippen molar-refractivity contribution in [2.24, 2.45) is 0 Å². The van der Waals surface area contributed by atoms with E-state index < -0.39 is 0 Å². The minimum absolute atomic E-state index is 0.774. The van der Waals surface area contributed by atoms with E-state index in [1.54, 1.807) is 0 Å². The number of nitrogens with zero attached hydrogens (tertiary/aromatic N) is 2. The first-order valence-electron chi connectivity index (χ1n) is 20.7. The first-order valence-corrected chi connectivity index (χ1v) is 20.7. The number of anilines is 6. The highest BCUT2D eigenvalue weighted by atomic mass is 16.4. The molecule has 11 aromatic rings. The molecule has 2 heterocycles. The van der Waals surface area contributed by atoms with Crippen LogP contribution < -0.4 is 9.80 Å². The summed E-state index contributed by atoms with van der Waals surface area (Å²) >= 11 is 0. The molecule has 0 spiro atoms. The molecule has 0 radical (unpaired) electrons. The molecule has 0 saturated carbocycles. The third kappa shape index (κ3) is 5.74. The van der Waals surface area contributed by atoms with Gasteiger partial charge in [0.05, 0.1) is 0 Å². The highest BCUT2D eigenvalue weighted by Crippen LogP contribution is 2.44. The van der Waals surface area contributed by atoms with Gasteiger partial charge >= 0.3 is 0 Å². The van der Waals surface area contributed by atoms with Gasteiger partial charge in [-0.05, 0) is 194 Å². The molecule has 9 aromatic carbocycles. The van der Waals surface area contributed by atoms with Gasteiger partial charge in [0.25, 0.3) is 0 Å². The molecule has 0 unspecified atom stereocenters. The Bertz CT molecular complexity index is 3300. The highest BCUT2D eigenvalue weighted by molar-refractivity contribution is 6.21. The van der Waals surface area contributed by atoms with Gasteiger partial charge in [0.1, 0.15) is 11.2 Å². The summed E-state index contributed by atoms with van der Waals surface area (Å²) in [5.74, 6) is 0. The molecular weight excluding hydrogens is 733 g/mol. The van der Waals surface area contributed by atoms with Crippen molar-refractivity contribution in [3.63, 3.8) is 0 Å². The molecule has 0 N–H and O–H groups in total. The van der Waals surface area contributed by atoms with E-state index in [2.05, 4.69) is 209 Å². The Kier molecular flexibility index (Phi) is 8.15. The maximum atomic E-state index is 6.78. The van der Waals surface area contributed by atoms with E-state index in [1.165, 1.54) is 33.4 Å². The van der Waals surface area contributed by atoms with Gasteiger partial charge < -0.3 is 18.6 Å². The second kappa shape index (κ2) is 13.6. The predicted octanol–water partition coefficient (Wildman–Crippen LogP) is 16.6. The molecule has 2 aromatic heterocycles. The number of benzene rings is 9. The molecule has 60 heavy (non-hydrogen) atoms. The largest absolute Gasteiger partial charge is 0.452 e. The van der Waals surface area contributed by atoms with Gasteiger partial charge in [-0.25, -0.2) is 0 Å². The maximum absolute atomic E-state index is 6.78. The Morgan fingerprint density at radius 3 is 1.12 bits per heavy atom. The normalized spacial score (nSPS) is 11.8. The van der Waals surface area contributed by atoms with Gasteiger partial charge in [0.2, 0.25) is 0 Å². The molecule has 4 heteroatoms. The summed E-state index contributed by atoms with van der Waals surface area (Å²) in [5, 5.41) is 8.80. The van der Waals surface area contributed by atoms with Gasteiger partial charge in [-0.1, -0.05) is 60.7 Å². The van der Waals surface area contributed by atoms with Crippen LogP contribution in [0.4, 0.5) is 34.1 Å². The van der Waals surface area contributed by atoms with E-state index in [9.17, 15) is 0 Å². The molecular formula is C56H44N2O2. The minimum Gasteiger partial charge on any atom is -0.452 e. The molecule has 11 rings (SSSR count). The van der Waals surface area contributed by atoms with Crippen molar-refractivity contribution >= 4 is 99.5 Å². The van der Waals surface area contributed by atoms with Gasteiger partial charge in [-0.15, -0.1) is 0 Å². The molecule has 0 saturated heterocycles. The van der Waals surface area contributed by atoms with Gasteiger partial charge in [-0.3, -0.25) is 0 Å². The first kappa shape index (κ1) is 35.8. The molecule has 0 atom stereocenters. The summed E-state index contributed by atoms with van der Waals surface area (Å²) < 4.78 is 13.6. The van der Waals surface area contributed by atoms with E-state index in [0.717, 1.165) is 99.5 Å². The van der Waals surface area contributed by atoms with Crippen LogP contribution >= 0.6 is 0 Å². The Labute approximate surface area is 349 Å². The topological polar surface area (TPSA) is 32.8 Å². The second-order valence-corrected chi connectivity index (χ2v) is 16.6. The van der Waals surface area contributed by atoms with Crippen LogP contribution in [0.25, 0.3) is 65.4 Å². The minimum atomic E-state index is 0.774. The maximum Gasteiger partial charge on any atom is 0.178 e. The van der Waals surface area contributed by atoms with Crippen molar-refractivity contribution in [3.8, 4) is 0 Å². The molecule has 290 valence electrons. The summed E-state index contributed by atoms with van der Waals surface area (Å²) in [6.07, 6.45) is 0. The Morgan fingerprint density at radius 1 is 0.300 bits per heavy atom. The third-order valence-corrected chi connectivity index (χ3v) is 12.7. The SMILES string of the molecule is Cc1ccc(N(c2ccc3cc4c(cc3c2)oc2c4ccc3c4cc5ccc(N(c6ccc(C)c(C)c6)c6ccccc6C)cc5cc4oc32)c2ccccc2C)cc1C. The van der Waals surface area contributed by atoms with Crippen LogP contribution in [0, 0.1) is 41.5 Å². The van der Waals surface area contributed by atoms with Crippen molar-refractivity contribution < 1.29 is 8.83 Å². The van der Waals surface area contributed by atoms with E-state index in [1.807, 2.05) is 0 Å². The average molecular weight is 777 g/mol. The lowest BCUT2D eigenvalue weighted by Gasteiger charge is -2.28. The van der Waals surface area contributed by atoms with Crippen molar-refractivity contribution in [2.45, 2.75) is 41.5 Å². The van der Waals surface area contributed by atoms with Crippen LogP contribution in [-0.4, -0.2) is 0 Å². The zero-order valence-corrected chi connectivity index (χ0v) is 34.7. The fourth-order valence-electron chi connectivity index (χ4n) is 9.02. The van der Waals surface area contributed by atoms with Crippen molar-refractivity contribution in [3.05, 3.63) is 191 Å².